The summed E-state index contributed by atoms with van der Waals surface area (Å²) >= 11 is 3.42. The Bertz CT molecular complexity index is 96.5. The highest BCUT2D eigenvalue weighted by Crippen LogP contribution is 2.16. The van der Waals surface area contributed by atoms with Crippen LogP contribution in [0.25, 0.3) is 0 Å². The lowest BCUT2D eigenvalue weighted by Crippen LogP contribution is -2.21. The van der Waals surface area contributed by atoms with Crippen molar-refractivity contribution in [2.75, 3.05) is 18.4 Å². The van der Waals surface area contributed by atoms with E-state index in [-0.39, 0.29) is 0 Å². The fourth-order valence-corrected chi connectivity index (χ4v) is 1.33. The van der Waals surface area contributed by atoms with Gasteiger partial charge in [0.05, 0.1) is 0 Å². The highest BCUT2D eigenvalue weighted by Gasteiger charge is 2.08. The first-order chi connectivity index (χ1) is 5.56. The van der Waals surface area contributed by atoms with E-state index in [9.17, 15) is 0 Å². The van der Waals surface area contributed by atoms with Gasteiger partial charge in [0, 0.05) is 5.33 Å². The van der Waals surface area contributed by atoms with Gasteiger partial charge in [0.1, 0.15) is 0 Å². The third kappa shape index (κ3) is 10.4. The van der Waals surface area contributed by atoms with Gasteiger partial charge >= 0.3 is 0 Å². The van der Waals surface area contributed by atoms with Gasteiger partial charge in [-0.1, -0.05) is 36.7 Å². The van der Waals surface area contributed by atoms with Gasteiger partial charge in [0.2, 0.25) is 0 Å². The van der Waals surface area contributed by atoms with Crippen LogP contribution in [-0.2, 0) is 0 Å². The van der Waals surface area contributed by atoms with E-state index >= 15 is 0 Å². The largest absolute Gasteiger partial charge is 0.317 e. The second kappa shape index (κ2) is 6.90. The Morgan fingerprint density at radius 2 is 1.75 bits per heavy atom. The molecule has 0 atom stereocenters. The zero-order valence-corrected chi connectivity index (χ0v) is 10.2. The van der Waals surface area contributed by atoms with Crippen LogP contribution in [0.2, 0.25) is 0 Å². The Hall–Kier alpha value is 0.440. The molecule has 0 radical (unpaired) electrons. The van der Waals surface area contributed by atoms with E-state index < -0.39 is 0 Å². The smallest absolute Gasteiger partial charge is 0.00317 e. The number of alkyl halides is 1. The number of hydrogen-bond acceptors (Lipinski definition) is 1. The summed E-state index contributed by atoms with van der Waals surface area (Å²) < 4.78 is 0. The van der Waals surface area contributed by atoms with E-state index in [1.807, 2.05) is 0 Å². The molecule has 0 bridgehead atoms. The molecule has 1 N–H and O–H groups in total. The highest BCUT2D eigenvalue weighted by molar-refractivity contribution is 9.09. The number of halogens is 1. The fraction of sp³-hybridized carbons (Fsp3) is 1.00. The molecule has 2 heteroatoms. The van der Waals surface area contributed by atoms with Gasteiger partial charge in [-0.3, -0.25) is 0 Å². The molecule has 12 heavy (non-hydrogen) atoms. The van der Waals surface area contributed by atoms with Crippen LogP contribution in [0, 0.1) is 5.41 Å². The Kier molecular flexibility index (Phi) is 7.16. The molecule has 0 rings (SSSR count). The summed E-state index contributed by atoms with van der Waals surface area (Å²) in [6.07, 6.45) is 3.83. The molecule has 74 valence electrons. The van der Waals surface area contributed by atoms with Gasteiger partial charge in [0.25, 0.3) is 0 Å². The van der Waals surface area contributed by atoms with Crippen molar-refractivity contribution >= 4 is 15.9 Å². The maximum Gasteiger partial charge on any atom is 0.00317 e. The first kappa shape index (κ1) is 12.4. The van der Waals surface area contributed by atoms with Crippen LogP contribution in [-0.4, -0.2) is 18.4 Å². The molecule has 0 aromatic carbocycles. The van der Waals surface area contributed by atoms with Crippen LogP contribution >= 0.6 is 15.9 Å². The summed E-state index contributed by atoms with van der Waals surface area (Å²) in [5.41, 5.74) is 0.475. The molecule has 0 aromatic rings. The summed E-state index contributed by atoms with van der Waals surface area (Å²) in [6.45, 7) is 9.18. The van der Waals surface area contributed by atoms with Crippen LogP contribution in [0.15, 0.2) is 0 Å². The van der Waals surface area contributed by atoms with Crippen molar-refractivity contribution in [1.29, 1.82) is 0 Å². The van der Waals surface area contributed by atoms with Crippen molar-refractivity contribution in [3.8, 4) is 0 Å². The minimum atomic E-state index is 0.475. The molecule has 0 aliphatic heterocycles. The summed E-state index contributed by atoms with van der Waals surface area (Å²) in [7, 11) is 0. The first-order valence-electron chi connectivity index (χ1n) is 4.83. The summed E-state index contributed by atoms with van der Waals surface area (Å²) in [5.74, 6) is 0. The van der Waals surface area contributed by atoms with E-state index in [1.165, 1.54) is 25.8 Å². The lowest BCUT2D eigenvalue weighted by atomic mass is 9.92. The van der Waals surface area contributed by atoms with Crippen molar-refractivity contribution in [3.63, 3.8) is 0 Å². The predicted octanol–water partition coefficient (Wildman–Crippen LogP) is 3.19. The van der Waals surface area contributed by atoms with Crippen LogP contribution in [0.4, 0.5) is 0 Å². The van der Waals surface area contributed by atoms with Gasteiger partial charge in [-0.15, -0.1) is 0 Å². The molecule has 0 aliphatic carbocycles. The third-order valence-electron chi connectivity index (χ3n) is 1.79. The van der Waals surface area contributed by atoms with Crippen molar-refractivity contribution in [2.45, 2.75) is 40.0 Å². The van der Waals surface area contributed by atoms with E-state index in [1.54, 1.807) is 0 Å². The molecule has 0 fully saturated rings. The zero-order chi connectivity index (χ0) is 9.45. The Morgan fingerprint density at radius 1 is 1.08 bits per heavy atom. The van der Waals surface area contributed by atoms with Gasteiger partial charge < -0.3 is 5.32 Å². The minimum absolute atomic E-state index is 0.475. The number of unbranched alkanes of at least 4 members (excludes halogenated alkanes) is 1. The molecule has 1 nitrogen and oxygen atoms in total. The van der Waals surface area contributed by atoms with Crippen molar-refractivity contribution in [1.82, 2.24) is 5.32 Å². The maximum atomic E-state index is 3.46. The fourth-order valence-electron chi connectivity index (χ4n) is 0.933. The molecular formula is C10H22BrN. The van der Waals surface area contributed by atoms with Crippen molar-refractivity contribution in [3.05, 3.63) is 0 Å². The summed E-state index contributed by atoms with van der Waals surface area (Å²) in [4.78, 5) is 0. The zero-order valence-electron chi connectivity index (χ0n) is 8.62. The van der Waals surface area contributed by atoms with Crippen LogP contribution in [0.5, 0.6) is 0 Å². The van der Waals surface area contributed by atoms with Crippen LogP contribution in [0.3, 0.4) is 0 Å². The second-order valence-corrected chi connectivity index (χ2v) is 5.25. The lowest BCUT2D eigenvalue weighted by Gasteiger charge is -2.17. The molecule has 0 heterocycles. The topological polar surface area (TPSA) is 12.0 Å². The monoisotopic (exact) mass is 235 g/mol. The Morgan fingerprint density at radius 3 is 2.25 bits per heavy atom. The van der Waals surface area contributed by atoms with E-state index in [2.05, 4.69) is 42.0 Å². The van der Waals surface area contributed by atoms with Crippen LogP contribution in [0.1, 0.15) is 40.0 Å². The molecule has 0 spiro atoms. The molecule has 0 aliphatic rings. The Labute approximate surface area is 85.4 Å². The molecular weight excluding hydrogens is 214 g/mol. The van der Waals surface area contributed by atoms with Crippen molar-refractivity contribution < 1.29 is 0 Å². The maximum absolute atomic E-state index is 3.46. The molecule has 0 aromatic heterocycles. The van der Waals surface area contributed by atoms with Gasteiger partial charge in [0.15, 0.2) is 0 Å². The summed E-state index contributed by atoms with van der Waals surface area (Å²) in [5, 5.41) is 4.59. The SMILES string of the molecule is CC(C)(C)CCNCCCCBr. The first-order valence-corrected chi connectivity index (χ1v) is 5.95. The van der Waals surface area contributed by atoms with E-state index in [0.29, 0.717) is 5.41 Å². The third-order valence-corrected chi connectivity index (χ3v) is 2.35. The Balaban J connectivity index is 3.01. The van der Waals surface area contributed by atoms with Gasteiger partial charge in [-0.2, -0.15) is 0 Å². The minimum Gasteiger partial charge on any atom is -0.317 e. The highest BCUT2D eigenvalue weighted by atomic mass is 79.9. The standard InChI is InChI=1S/C10H22BrN/c1-10(2,3)6-9-12-8-5-4-7-11/h12H,4-9H2,1-3H3. The molecule has 0 saturated carbocycles. The van der Waals surface area contributed by atoms with Crippen molar-refractivity contribution in [2.24, 2.45) is 5.41 Å². The van der Waals surface area contributed by atoms with Crippen LogP contribution < -0.4 is 5.32 Å². The molecule has 0 unspecified atom stereocenters. The average molecular weight is 236 g/mol. The molecule has 0 amide bonds. The normalized spacial score (nSPS) is 12.0. The second-order valence-electron chi connectivity index (χ2n) is 4.46. The van der Waals surface area contributed by atoms with Gasteiger partial charge in [-0.25, -0.2) is 0 Å². The average Bonchev–Trinajstić information content (AvgIpc) is 1.94. The van der Waals surface area contributed by atoms with E-state index in [4.69, 9.17) is 0 Å². The van der Waals surface area contributed by atoms with Gasteiger partial charge in [-0.05, 0) is 37.8 Å². The molecule has 0 saturated heterocycles. The summed E-state index contributed by atoms with van der Waals surface area (Å²) in [6, 6.07) is 0. The number of nitrogens with one attached hydrogen (secondary N) is 1. The lowest BCUT2D eigenvalue weighted by molar-refractivity contribution is 0.366. The quantitative estimate of drug-likeness (QED) is 0.551. The number of rotatable bonds is 6. The number of hydrogen-bond donors (Lipinski definition) is 1. The predicted molar refractivity (Wildman–Crippen MR) is 60.0 cm³/mol. The van der Waals surface area contributed by atoms with E-state index in [0.717, 1.165) is 11.9 Å².